The van der Waals surface area contributed by atoms with Gasteiger partial charge < -0.3 is 5.73 Å². The van der Waals surface area contributed by atoms with Gasteiger partial charge in [-0.1, -0.05) is 24.3 Å². The molecule has 0 aliphatic rings. The van der Waals surface area contributed by atoms with Gasteiger partial charge in [0.2, 0.25) is 0 Å². The highest BCUT2D eigenvalue weighted by Crippen LogP contribution is 2.22. The fraction of sp³-hybridized carbons (Fsp3) is 0.0667. The van der Waals surface area contributed by atoms with E-state index in [-0.39, 0.29) is 10.9 Å². The molecular formula is C15H14FN3S. The molecule has 0 saturated heterocycles. The van der Waals surface area contributed by atoms with Gasteiger partial charge in [-0.05, 0) is 59.6 Å². The third-order valence-electron chi connectivity index (χ3n) is 2.77. The van der Waals surface area contributed by atoms with Gasteiger partial charge in [0.15, 0.2) is 5.11 Å². The normalized spacial score (nSPS) is 10.7. The molecule has 0 bridgehead atoms. The average molecular weight is 287 g/mol. The largest absolute Gasteiger partial charge is 0.375 e. The number of hydrogen-bond donors (Lipinski definition) is 2. The van der Waals surface area contributed by atoms with Crippen LogP contribution in [0.15, 0.2) is 47.6 Å². The first-order chi connectivity index (χ1) is 9.56. The van der Waals surface area contributed by atoms with Gasteiger partial charge in [-0.2, -0.15) is 5.10 Å². The van der Waals surface area contributed by atoms with Crippen molar-refractivity contribution >= 4 is 23.5 Å². The van der Waals surface area contributed by atoms with Crippen molar-refractivity contribution in [3.63, 3.8) is 0 Å². The summed E-state index contributed by atoms with van der Waals surface area (Å²) in [5.41, 5.74) is 11.2. The average Bonchev–Trinajstić information content (AvgIpc) is 2.42. The zero-order valence-electron chi connectivity index (χ0n) is 10.9. The Balaban J connectivity index is 2.27. The molecule has 0 radical (unpaired) electrons. The van der Waals surface area contributed by atoms with Crippen LogP contribution in [0.1, 0.15) is 11.1 Å². The van der Waals surface area contributed by atoms with E-state index in [0.29, 0.717) is 5.56 Å². The molecule has 5 heteroatoms. The molecule has 0 aliphatic heterocycles. The first kappa shape index (κ1) is 14.1. The van der Waals surface area contributed by atoms with Gasteiger partial charge in [0.1, 0.15) is 5.82 Å². The topological polar surface area (TPSA) is 50.4 Å². The van der Waals surface area contributed by atoms with E-state index in [2.05, 4.69) is 22.7 Å². The van der Waals surface area contributed by atoms with Gasteiger partial charge in [0, 0.05) is 0 Å². The smallest absolute Gasteiger partial charge is 0.184 e. The van der Waals surface area contributed by atoms with Gasteiger partial charge in [-0.25, -0.2) is 4.39 Å². The van der Waals surface area contributed by atoms with E-state index in [1.807, 2.05) is 30.3 Å². The zero-order valence-corrected chi connectivity index (χ0v) is 11.7. The summed E-state index contributed by atoms with van der Waals surface area (Å²) < 4.78 is 13.3. The molecule has 20 heavy (non-hydrogen) atoms. The van der Waals surface area contributed by atoms with Gasteiger partial charge in [0.25, 0.3) is 0 Å². The fourth-order valence-electron chi connectivity index (χ4n) is 1.79. The summed E-state index contributed by atoms with van der Waals surface area (Å²) >= 11 is 4.66. The van der Waals surface area contributed by atoms with Crippen molar-refractivity contribution < 1.29 is 4.39 Å². The first-order valence-corrected chi connectivity index (χ1v) is 6.42. The van der Waals surface area contributed by atoms with Gasteiger partial charge in [-0.3, -0.25) is 5.43 Å². The lowest BCUT2D eigenvalue weighted by molar-refractivity contribution is 0.619. The molecule has 2 aromatic carbocycles. The van der Waals surface area contributed by atoms with Crippen LogP contribution in [0.5, 0.6) is 0 Å². The molecule has 0 atom stereocenters. The standard InChI is InChI=1S/C15H14FN3S/c1-10-7-13(5-6-14(10)16)12-4-2-3-11(8-12)9-18-19-15(17)20/h2-9H,1H3,(H3,17,19,20). The molecule has 3 nitrogen and oxygen atoms in total. The Labute approximate surface area is 122 Å². The van der Waals surface area contributed by atoms with Crippen LogP contribution in [0.4, 0.5) is 4.39 Å². The van der Waals surface area contributed by atoms with Crippen molar-refractivity contribution in [2.45, 2.75) is 6.92 Å². The molecule has 0 unspecified atom stereocenters. The molecule has 102 valence electrons. The molecule has 3 N–H and O–H groups in total. The summed E-state index contributed by atoms with van der Waals surface area (Å²) in [4.78, 5) is 0. The maximum atomic E-state index is 13.3. The minimum absolute atomic E-state index is 0.117. The predicted octanol–water partition coefficient (Wildman–Crippen LogP) is 2.97. The van der Waals surface area contributed by atoms with E-state index in [1.165, 1.54) is 6.07 Å². The second kappa shape index (κ2) is 6.25. The summed E-state index contributed by atoms with van der Waals surface area (Å²) in [6, 6.07) is 12.8. The van der Waals surface area contributed by atoms with Crippen LogP contribution in [0, 0.1) is 12.7 Å². The van der Waals surface area contributed by atoms with Gasteiger partial charge in [0.05, 0.1) is 6.21 Å². The van der Waals surface area contributed by atoms with Crippen LogP contribution in [0.3, 0.4) is 0 Å². The van der Waals surface area contributed by atoms with Crippen LogP contribution in [-0.2, 0) is 0 Å². The highest BCUT2D eigenvalue weighted by atomic mass is 32.1. The highest BCUT2D eigenvalue weighted by molar-refractivity contribution is 7.80. The number of nitrogens with two attached hydrogens (primary N) is 1. The number of benzene rings is 2. The highest BCUT2D eigenvalue weighted by Gasteiger charge is 2.02. The van der Waals surface area contributed by atoms with Gasteiger partial charge >= 0.3 is 0 Å². The van der Waals surface area contributed by atoms with Crippen LogP contribution in [0.2, 0.25) is 0 Å². The molecule has 0 aromatic heterocycles. The Bertz CT molecular complexity index is 668. The molecular weight excluding hydrogens is 273 g/mol. The molecule has 0 amide bonds. The van der Waals surface area contributed by atoms with Crippen molar-refractivity contribution in [1.82, 2.24) is 5.43 Å². The van der Waals surface area contributed by atoms with Crippen LogP contribution in [-0.4, -0.2) is 11.3 Å². The zero-order chi connectivity index (χ0) is 14.5. The van der Waals surface area contributed by atoms with Crippen molar-refractivity contribution in [3.05, 3.63) is 59.4 Å². The van der Waals surface area contributed by atoms with Crippen molar-refractivity contribution in [1.29, 1.82) is 0 Å². The summed E-state index contributed by atoms with van der Waals surface area (Å²) in [7, 11) is 0. The van der Waals surface area contributed by atoms with E-state index in [9.17, 15) is 4.39 Å². The molecule has 0 fully saturated rings. The molecule has 0 heterocycles. The molecule has 0 aliphatic carbocycles. The number of hydrazone groups is 1. The van der Waals surface area contributed by atoms with E-state index in [0.717, 1.165) is 16.7 Å². The molecule has 2 aromatic rings. The Morgan fingerprint density at radius 3 is 2.70 bits per heavy atom. The number of aryl methyl sites for hydroxylation is 1. The Morgan fingerprint density at radius 2 is 2.00 bits per heavy atom. The van der Waals surface area contributed by atoms with E-state index < -0.39 is 0 Å². The second-order valence-corrected chi connectivity index (χ2v) is 4.76. The Kier molecular flexibility index (Phi) is 4.42. The lowest BCUT2D eigenvalue weighted by atomic mass is 10.0. The van der Waals surface area contributed by atoms with Crippen LogP contribution >= 0.6 is 12.2 Å². The quantitative estimate of drug-likeness (QED) is 0.518. The molecule has 2 rings (SSSR count). The van der Waals surface area contributed by atoms with Crippen molar-refractivity contribution in [2.75, 3.05) is 0 Å². The Hall–Kier alpha value is -2.27. The molecule has 0 spiro atoms. The maximum Gasteiger partial charge on any atom is 0.184 e. The number of rotatable bonds is 3. The van der Waals surface area contributed by atoms with Crippen molar-refractivity contribution in [2.24, 2.45) is 10.8 Å². The number of nitrogens with one attached hydrogen (secondary N) is 1. The van der Waals surface area contributed by atoms with E-state index in [4.69, 9.17) is 5.73 Å². The monoisotopic (exact) mass is 287 g/mol. The summed E-state index contributed by atoms with van der Waals surface area (Å²) in [5, 5.41) is 4.02. The van der Waals surface area contributed by atoms with Crippen molar-refractivity contribution in [3.8, 4) is 11.1 Å². The lowest BCUT2D eigenvalue weighted by Crippen LogP contribution is -2.23. The minimum atomic E-state index is -0.202. The Morgan fingerprint density at radius 1 is 1.25 bits per heavy atom. The van der Waals surface area contributed by atoms with Crippen LogP contribution < -0.4 is 11.2 Å². The first-order valence-electron chi connectivity index (χ1n) is 6.01. The fourth-order valence-corrected chi connectivity index (χ4v) is 1.85. The van der Waals surface area contributed by atoms with Crippen LogP contribution in [0.25, 0.3) is 11.1 Å². The lowest BCUT2D eigenvalue weighted by Gasteiger charge is -2.05. The number of nitrogens with zero attached hydrogens (tertiary/aromatic N) is 1. The third kappa shape index (κ3) is 3.61. The van der Waals surface area contributed by atoms with E-state index in [1.54, 1.807) is 19.2 Å². The number of halogens is 1. The second-order valence-electron chi connectivity index (χ2n) is 4.32. The number of thiocarbonyl (C=S) groups is 1. The maximum absolute atomic E-state index is 13.3. The SMILES string of the molecule is Cc1cc(-c2cccc(C=NNC(N)=S)c2)ccc1F. The third-order valence-corrected chi connectivity index (χ3v) is 2.86. The summed E-state index contributed by atoms with van der Waals surface area (Å²) in [5.74, 6) is -0.202. The molecule has 0 saturated carbocycles. The minimum Gasteiger partial charge on any atom is -0.375 e. The summed E-state index contributed by atoms with van der Waals surface area (Å²) in [6.45, 7) is 1.75. The summed E-state index contributed by atoms with van der Waals surface area (Å²) in [6.07, 6.45) is 1.62. The predicted molar refractivity (Wildman–Crippen MR) is 84.1 cm³/mol. The van der Waals surface area contributed by atoms with Gasteiger partial charge in [-0.15, -0.1) is 0 Å². The number of hydrogen-bond acceptors (Lipinski definition) is 2. The van der Waals surface area contributed by atoms with E-state index >= 15 is 0 Å².